The molecule has 6 nitrogen and oxygen atoms in total. The second-order valence-electron chi connectivity index (χ2n) is 5.32. The van der Waals surface area contributed by atoms with Crippen LogP contribution in [-0.2, 0) is 21.2 Å². The molecule has 1 heterocycles. The van der Waals surface area contributed by atoms with Gasteiger partial charge in [-0.1, -0.05) is 11.6 Å². The van der Waals surface area contributed by atoms with E-state index in [0.717, 1.165) is 5.56 Å². The quantitative estimate of drug-likeness (QED) is 0.871. The van der Waals surface area contributed by atoms with Gasteiger partial charge in [-0.2, -0.15) is 0 Å². The molecule has 0 aliphatic carbocycles. The first-order valence-electron chi connectivity index (χ1n) is 7.18. The molecule has 2 aromatic rings. The van der Waals surface area contributed by atoms with Crippen LogP contribution >= 0.6 is 11.6 Å². The average molecular weight is 367 g/mol. The molecule has 2 aromatic carbocycles. The van der Waals surface area contributed by atoms with Crippen LogP contribution in [0.1, 0.15) is 12.0 Å². The summed E-state index contributed by atoms with van der Waals surface area (Å²) in [4.78, 5) is 11.5. The predicted octanol–water partition coefficient (Wildman–Crippen LogP) is 3.03. The van der Waals surface area contributed by atoms with E-state index < -0.39 is 10.0 Å². The highest BCUT2D eigenvalue weighted by molar-refractivity contribution is 7.92. The van der Waals surface area contributed by atoms with Crippen molar-refractivity contribution in [1.29, 1.82) is 0 Å². The number of fused-ring (bicyclic) bond motifs is 1. The molecule has 0 spiro atoms. The summed E-state index contributed by atoms with van der Waals surface area (Å²) in [6.07, 6.45) is 0.858. The van der Waals surface area contributed by atoms with Crippen molar-refractivity contribution in [1.82, 2.24) is 0 Å². The number of methoxy groups -OCH3 is 1. The lowest BCUT2D eigenvalue weighted by molar-refractivity contribution is -0.116. The van der Waals surface area contributed by atoms with Crippen LogP contribution in [0.4, 0.5) is 11.4 Å². The van der Waals surface area contributed by atoms with Gasteiger partial charge >= 0.3 is 0 Å². The van der Waals surface area contributed by atoms with E-state index in [1.165, 1.54) is 19.2 Å². The fourth-order valence-electron chi connectivity index (χ4n) is 2.47. The molecule has 1 aliphatic heterocycles. The number of benzene rings is 2. The Balaban J connectivity index is 1.88. The zero-order valence-electron chi connectivity index (χ0n) is 12.8. The number of ether oxygens (including phenoxy) is 1. The summed E-state index contributed by atoms with van der Waals surface area (Å²) in [6.45, 7) is 0. The first kappa shape index (κ1) is 16.6. The zero-order chi connectivity index (χ0) is 17.3. The molecule has 2 N–H and O–H groups in total. The van der Waals surface area contributed by atoms with Crippen LogP contribution in [0.2, 0.25) is 5.02 Å². The molecule has 8 heteroatoms. The number of nitrogens with one attached hydrogen (secondary N) is 2. The van der Waals surface area contributed by atoms with Gasteiger partial charge in [-0.05, 0) is 48.4 Å². The number of carbonyl (C=O) groups is 1. The molecule has 0 atom stereocenters. The molecule has 1 amide bonds. The van der Waals surface area contributed by atoms with Gasteiger partial charge < -0.3 is 10.1 Å². The minimum Gasteiger partial charge on any atom is -0.495 e. The topological polar surface area (TPSA) is 84.5 Å². The van der Waals surface area contributed by atoms with Gasteiger partial charge in [0.25, 0.3) is 10.0 Å². The minimum atomic E-state index is -3.76. The molecule has 0 aromatic heterocycles. The maximum atomic E-state index is 12.5. The Bertz CT molecular complexity index is 912. The van der Waals surface area contributed by atoms with Gasteiger partial charge in [-0.15, -0.1) is 0 Å². The van der Waals surface area contributed by atoms with Crippen LogP contribution in [0.25, 0.3) is 0 Å². The van der Waals surface area contributed by atoms with E-state index in [1.54, 1.807) is 24.3 Å². The van der Waals surface area contributed by atoms with Crippen molar-refractivity contribution in [3.05, 3.63) is 47.0 Å². The van der Waals surface area contributed by atoms with Gasteiger partial charge in [0.1, 0.15) is 5.75 Å². The van der Waals surface area contributed by atoms with Gasteiger partial charge in [0.05, 0.1) is 22.7 Å². The number of hydrogen-bond acceptors (Lipinski definition) is 4. The SMILES string of the molecule is COc1ccc(NS(=O)(=O)c2ccc3c(c2)CCC(=O)N3)cc1Cl. The Morgan fingerprint density at radius 1 is 1.17 bits per heavy atom. The summed E-state index contributed by atoms with van der Waals surface area (Å²) >= 11 is 6.01. The molecule has 0 bridgehead atoms. The maximum Gasteiger partial charge on any atom is 0.261 e. The van der Waals surface area contributed by atoms with E-state index in [4.69, 9.17) is 16.3 Å². The zero-order valence-corrected chi connectivity index (χ0v) is 14.4. The van der Waals surface area contributed by atoms with Crippen LogP contribution in [-0.4, -0.2) is 21.4 Å². The summed E-state index contributed by atoms with van der Waals surface area (Å²) in [5, 5.41) is 3.03. The molecule has 0 unspecified atom stereocenters. The molecule has 0 saturated heterocycles. The monoisotopic (exact) mass is 366 g/mol. The van der Waals surface area contributed by atoms with Crippen molar-refractivity contribution in [2.75, 3.05) is 17.1 Å². The molecule has 0 radical (unpaired) electrons. The predicted molar refractivity (Wildman–Crippen MR) is 92.2 cm³/mol. The number of rotatable bonds is 4. The first-order valence-corrected chi connectivity index (χ1v) is 9.04. The van der Waals surface area contributed by atoms with Gasteiger partial charge in [-0.3, -0.25) is 9.52 Å². The number of amides is 1. The van der Waals surface area contributed by atoms with Crippen molar-refractivity contribution in [3.8, 4) is 5.75 Å². The van der Waals surface area contributed by atoms with Gasteiger partial charge in [0.2, 0.25) is 5.91 Å². The molecule has 126 valence electrons. The molecule has 24 heavy (non-hydrogen) atoms. The normalized spacial score (nSPS) is 13.8. The standard InChI is InChI=1S/C16H15ClN2O4S/c1-23-15-6-3-11(9-13(15)17)19-24(21,22)12-4-5-14-10(8-12)2-7-16(20)18-14/h3-6,8-9,19H,2,7H2,1H3,(H,18,20). The number of aryl methyl sites for hydroxylation is 1. The average Bonchev–Trinajstić information content (AvgIpc) is 2.54. The molecule has 0 saturated carbocycles. The first-order chi connectivity index (χ1) is 11.4. The molecular weight excluding hydrogens is 352 g/mol. The highest BCUT2D eigenvalue weighted by Gasteiger charge is 2.20. The smallest absolute Gasteiger partial charge is 0.261 e. The number of halogens is 1. The third kappa shape index (κ3) is 3.32. The molecule has 0 fully saturated rings. The van der Waals surface area contributed by atoms with E-state index in [2.05, 4.69) is 10.0 Å². The van der Waals surface area contributed by atoms with Gasteiger partial charge in [-0.25, -0.2) is 8.42 Å². The van der Waals surface area contributed by atoms with E-state index >= 15 is 0 Å². The van der Waals surface area contributed by atoms with Crippen molar-refractivity contribution in [3.63, 3.8) is 0 Å². The van der Waals surface area contributed by atoms with Crippen LogP contribution in [0.15, 0.2) is 41.3 Å². The Morgan fingerprint density at radius 2 is 1.96 bits per heavy atom. The second kappa shape index (κ2) is 6.33. The lowest BCUT2D eigenvalue weighted by Gasteiger charge is -2.18. The lowest BCUT2D eigenvalue weighted by atomic mass is 10.0. The van der Waals surface area contributed by atoms with E-state index in [-0.39, 0.29) is 10.8 Å². The molecule has 3 rings (SSSR count). The summed E-state index contributed by atoms with van der Waals surface area (Å²) in [5.41, 5.74) is 1.79. The number of sulfonamides is 1. The fraction of sp³-hybridized carbons (Fsp3) is 0.188. The van der Waals surface area contributed by atoms with E-state index in [1.807, 2.05) is 0 Å². The summed E-state index contributed by atoms with van der Waals surface area (Å²) in [5.74, 6) is 0.397. The van der Waals surface area contributed by atoms with Gasteiger partial charge in [0.15, 0.2) is 0 Å². The van der Waals surface area contributed by atoms with Crippen LogP contribution < -0.4 is 14.8 Å². The van der Waals surface area contributed by atoms with Crippen LogP contribution in [0, 0.1) is 0 Å². The third-order valence-electron chi connectivity index (χ3n) is 3.69. The Morgan fingerprint density at radius 3 is 2.67 bits per heavy atom. The van der Waals surface area contributed by atoms with Crippen molar-refractivity contribution >= 4 is 38.9 Å². The summed E-state index contributed by atoms with van der Waals surface area (Å²) in [7, 11) is -2.28. The molecule has 1 aliphatic rings. The van der Waals surface area contributed by atoms with E-state index in [9.17, 15) is 13.2 Å². The summed E-state index contributed by atoms with van der Waals surface area (Å²) < 4.78 is 32.6. The van der Waals surface area contributed by atoms with E-state index in [0.29, 0.717) is 35.0 Å². The highest BCUT2D eigenvalue weighted by Crippen LogP contribution is 2.30. The minimum absolute atomic E-state index is 0.0656. The lowest BCUT2D eigenvalue weighted by Crippen LogP contribution is -2.20. The summed E-state index contributed by atoms with van der Waals surface area (Å²) in [6, 6.07) is 9.27. The Kier molecular flexibility index (Phi) is 4.38. The largest absolute Gasteiger partial charge is 0.495 e. The highest BCUT2D eigenvalue weighted by atomic mass is 35.5. The third-order valence-corrected chi connectivity index (χ3v) is 5.36. The maximum absolute atomic E-state index is 12.5. The second-order valence-corrected chi connectivity index (χ2v) is 7.41. The fourth-order valence-corrected chi connectivity index (χ4v) is 3.83. The van der Waals surface area contributed by atoms with Crippen molar-refractivity contribution in [2.45, 2.75) is 17.7 Å². The van der Waals surface area contributed by atoms with Crippen LogP contribution in [0.5, 0.6) is 5.75 Å². The van der Waals surface area contributed by atoms with Crippen molar-refractivity contribution < 1.29 is 17.9 Å². The van der Waals surface area contributed by atoms with Crippen molar-refractivity contribution in [2.24, 2.45) is 0 Å². The number of hydrogen-bond donors (Lipinski definition) is 2. The Labute approximate surface area is 144 Å². The van der Waals surface area contributed by atoms with Gasteiger partial charge in [0, 0.05) is 12.1 Å². The molecular formula is C16H15ClN2O4S. The number of anilines is 2. The Hall–Kier alpha value is -2.25. The number of carbonyl (C=O) groups excluding carboxylic acids is 1. The van der Waals surface area contributed by atoms with Crippen LogP contribution in [0.3, 0.4) is 0 Å².